The number of thiophene rings is 1. The molecular weight excluding hydrogens is 373 g/mol. The van der Waals surface area contributed by atoms with Crippen LogP contribution in [0.3, 0.4) is 0 Å². The number of hydrogen-bond acceptors (Lipinski definition) is 5. The van der Waals surface area contributed by atoms with Gasteiger partial charge in [-0.1, -0.05) is 23.9 Å². The molecule has 0 bridgehead atoms. The summed E-state index contributed by atoms with van der Waals surface area (Å²) in [5.41, 5.74) is 1.36. The van der Waals surface area contributed by atoms with Gasteiger partial charge in [0, 0.05) is 24.0 Å². The van der Waals surface area contributed by atoms with Crippen LogP contribution in [0, 0.1) is 5.82 Å². The van der Waals surface area contributed by atoms with Gasteiger partial charge in [0.15, 0.2) is 5.16 Å². The van der Waals surface area contributed by atoms with Crippen molar-refractivity contribution in [1.29, 1.82) is 0 Å². The number of benzene rings is 1. The number of aromatic nitrogens is 2. The molecule has 1 aromatic carbocycles. The first kappa shape index (κ1) is 17.2. The van der Waals surface area contributed by atoms with Crippen LogP contribution in [-0.4, -0.2) is 27.3 Å². The minimum Gasteiger partial charge on any atom is -0.353 e. The van der Waals surface area contributed by atoms with Gasteiger partial charge in [0.05, 0.1) is 11.1 Å². The molecule has 1 amide bonds. The minimum atomic E-state index is -0.317. The number of carbonyl (C=O) groups excluding carboxylic acids is 1. The number of thioether (sulfide) groups is 1. The van der Waals surface area contributed by atoms with Crippen molar-refractivity contribution in [3.05, 3.63) is 45.8 Å². The predicted octanol–water partition coefficient (Wildman–Crippen LogP) is 3.17. The van der Waals surface area contributed by atoms with Gasteiger partial charge in [-0.15, -0.1) is 11.3 Å². The lowest BCUT2D eigenvalue weighted by atomic mass is 10.1. The van der Waals surface area contributed by atoms with E-state index in [0.717, 1.165) is 24.0 Å². The van der Waals surface area contributed by atoms with E-state index in [-0.39, 0.29) is 23.0 Å². The van der Waals surface area contributed by atoms with Crippen LogP contribution in [0.15, 0.2) is 39.6 Å². The van der Waals surface area contributed by atoms with Crippen LogP contribution in [-0.2, 0) is 11.8 Å². The molecule has 2 heterocycles. The molecule has 134 valence electrons. The largest absolute Gasteiger partial charge is 0.353 e. The summed E-state index contributed by atoms with van der Waals surface area (Å²) in [5.74, 6) is -0.120. The number of nitrogens with one attached hydrogen (secondary N) is 1. The highest BCUT2D eigenvalue weighted by Crippen LogP contribution is 2.32. The third-order valence-corrected chi connectivity index (χ3v) is 6.11. The highest BCUT2D eigenvalue weighted by atomic mass is 32.2. The summed E-state index contributed by atoms with van der Waals surface area (Å²) in [6, 6.07) is 6.37. The summed E-state index contributed by atoms with van der Waals surface area (Å²) in [7, 11) is 1.65. The van der Waals surface area contributed by atoms with E-state index in [0.29, 0.717) is 21.4 Å². The molecule has 4 rings (SSSR count). The van der Waals surface area contributed by atoms with Crippen LogP contribution < -0.4 is 10.9 Å². The molecule has 26 heavy (non-hydrogen) atoms. The second kappa shape index (κ2) is 6.85. The van der Waals surface area contributed by atoms with Gasteiger partial charge >= 0.3 is 0 Å². The van der Waals surface area contributed by atoms with E-state index in [2.05, 4.69) is 10.3 Å². The van der Waals surface area contributed by atoms with E-state index in [1.54, 1.807) is 19.2 Å². The molecule has 0 saturated heterocycles. The fourth-order valence-electron chi connectivity index (χ4n) is 2.65. The lowest BCUT2D eigenvalue weighted by Gasteiger charge is -2.08. The molecule has 0 unspecified atom stereocenters. The van der Waals surface area contributed by atoms with Crippen LogP contribution in [0.25, 0.3) is 21.3 Å². The summed E-state index contributed by atoms with van der Waals surface area (Å²) in [6.45, 7) is 0. The molecule has 1 fully saturated rings. The molecule has 3 aromatic rings. The van der Waals surface area contributed by atoms with Gasteiger partial charge in [0.2, 0.25) is 5.91 Å². The van der Waals surface area contributed by atoms with Crippen molar-refractivity contribution in [2.24, 2.45) is 7.05 Å². The zero-order chi connectivity index (χ0) is 18.3. The smallest absolute Gasteiger partial charge is 0.263 e. The fourth-order valence-corrected chi connectivity index (χ4v) is 4.42. The van der Waals surface area contributed by atoms with E-state index >= 15 is 0 Å². The van der Waals surface area contributed by atoms with Crippen LogP contribution >= 0.6 is 23.1 Å². The first-order valence-electron chi connectivity index (χ1n) is 8.19. The summed E-state index contributed by atoms with van der Waals surface area (Å²) >= 11 is 2.63. The van der Waals surface area contributed by atoms with Crippen LogP contribution in [0.1, 0.15) is 12.8 Å². The van der Waals surface area contributed by atoms with Gasteiger partial charge in [-0.3, -0.25) is 14.2 Å². The monoisotopic (exact) mass is 389 g/mol. The Hall–Kier alpha value is -2.19. The third kappa shape index (κ3) is 3.39. The van der Waals surface area contributed by atoms with Gasteiger partial charge in [-0.2, -0.15) is 0 Å². The quantitative estimate of drug-likeness (QED) is 0.538. The standard InChI is InChI=1S/C18H16FN3O2S2/c1-22-17(24)15-13(10-2-4-11(19)5-3-10)8-25-16(15)21-18(22)26-9-14(23)20-12-6-7-12/h2-5,8,12H,6-7,9H2,1H3,(H,20,23). The van der Waals surface area contributed by atoms with Crippen molar-refractivity contribution in [3.63, 3.8) is 0 Å². The molecule has 0 spiro atoms. The second-order valence-corrected chi connectivity index (χ2v) is 8.03. The predicted molar refractivity (Wildman–Crippen MR) is 102 cm³/mol. The summed E-state index contributed by atoms with van der Waals surface area (Å²) in [5, 5.41) is 5.82. The number of fused-ring (bicyclic) bond motifs is 1. The molecular formula is C18H16FN3O2S2. The maximum absolute atomic E-state index is 13.2. The van der Waals surface area contributed by atoms with Crippen molar-refractivity contribution in [2.75, 3.05) is 5.75 Å². The average Bonchev–Trinajstić information content (AvgIpc) is 3.33. The lowest BCUT2D eigenvalue weighted by molar-refractivity contribution is -0.118. The maximum Gasteiger partial charge on any atom is 0.263 e. The number of rotatable bonds is 5. The van der Waals surface area contributed by atoms with Crippen LogP contribution in [0.2, 0.25) is 0 Å². The van der Waals surface area contributed by atoms with E-state index in [4.69, 9.17) is 0 Å². The molecule has 1 aliphatic carbocycles. The first-order valence-corrected chi connectivity index (χ1v) is 10.1. The van der Waals surface area contributed by atoms with E-state index in [1.807, 2.05) is 5.38 Å². The SMILES string of the molecule is Cn1c(SCC(=O)NC2CC2)nc2scc(-c3ccc(F)cc3)c2c1=O. The molecule has 0 atom stereocenters. The highest BCUT2D eigenvalue weighted by molar-refractivity contribution is 7.99. The zero-order valence-corrected chi connectivity index (χ0v) is 15.6. The van der Waals surface area contributed by atoms with Gasteiger partial charge in [-0.05, 0) is 30.5 Å². The molecule has 1 N–H and O–H groups in total. The van der Waals surface area contributed by atoms with E-state index < -0.39 is 0 Å². The maximum atomic E-state index is 13.2. The number of carbonyl (C=O) groups is 1. The van der Waals surface area contributed by atoms with Crippen molar-refractivity contribution in [3.8, 4) is 11.1 Å². The number of halogens is 1. The fraction of sp³-hybridized carbons (Fsp3) is 0.278. The number of amides is 1. The Morgan fingerprint density at radius 3 is 2.81 bits per heavy atom. The normalized spacial score (nSPS) is 13.9. The summed E-state index contributed by atoms with van der Waals surface area (Å²) in [4.78, 5) is 29.9. The highest BCUT2D eigenvalue weighted by Gasteiger charge is 2.23. The van der Waals surface area contributed by atoms with Crippen molar-refractivity contribution in [2.45, 2.75) is 24.0 Å². The Bertz CT molecular complexity index is 1040. The summed E-state index contributed by atoms with van der Waals surface area (Å²) in [6.07, 6.45) is 2.08. The number of hydrogen-bond donors (Lipinski definition) is 1. The van der Waals surface area contributed by atoms with Gasteiger partial charge in [0.1, 0.15) is 10.6 Å². The second-order valence-electron chi connectivity index (χ2n) is 6.23. The number of nitrogens with zero attached hydrogens (tertiary/aromatic N) is 2. The molecule has 2 aromatic heterocycles. The molecule has 1 saturated carbocycles. The van der Waals surface area contributed by atoms with E-state index in [1.165, 1.54) is 39.8 Å². The Balaban J connectivity index is 1.65. The topological polar surface area (TPSA) is 64.0 Å². The van der Waals surface area contributed by atoms with Gasteiger partial charge in [0.25, 0.3) is 5.56 Å². The molecule has 8 heteroatoms. The van der Waals surface area contributed by atoms with Crippen LogP contribution in [0.4, 0.5) is 4.39 Å². The Labute approximate surface area is 157 Å². The first-order chi connectivity index (χ1) is 12.5. The minimum absolute atomic E-state index is 0.0370. The Morgan fingerprint density at radius 1 is 1.38 bits per heavy atom. The molecule has 1 aliphatic rings. The third-order valence-electron chi connectivity index (χ3n) is 4.20. The van der Waals surface area contributed by atoms with Crippen molar-refractivity contribution >= 4 is 39.2 Å². The van der Waals surface area contributed by atoms with Crippen LogP contribution in [0.5, 0.6) is 0 Å². The molecule has 0 aliphatic heterocycles. The van der Waals surface area contributed by atoms with E-state index in [9.17, 15) is 14.0 Å². The van der Waals surface area contributed by atoms with Crippen molar-refractivity contribution < 1.29 is 9.18 Å². The lowest BCUT2D eigenvalue weighted by Crippen LogP contribution is -2.27. The zero-order valence-electron chi connectivity index (χ0n) is 14.0. The molecule has 5 nitrogen and oxygen atoms in total. The average molecular weight is 389 g/mol. The van der Waals surface area contributed by atoms with Gasteiger partial charge < -0.3 is 5.32 Å². The van der Waals surface area contributed by atoms with Gasteiger partial charge in [-0.25, -0.2) is 9.37 Å². The Kier molecular flexibility index (Phi) is 4.54. The molecule has 0 radical (unpaired) electrons. The summed E-state index contributed by atoms with van der Waals surface area (Å²) < 4.78 is 14.6. The Morgan fingerprint density at radius 2 is 2.12 bits per heavy atom. The van der Waals surface area contributed by atoms with Crippen molar-refractivity contribution in [1.82, 2.24) is 14.9 Å².